The third kappa shape index (κ3) is 1.92. The molecule has 1 aliphatic rings. The monoisotopic (exact) mass is 306 g/mol. The fourth-order valence-corrected chi connectivity index (χ4v) is 4.15. The standard InChI is InChI=1S/C14H10O4S2/c1-6(18-7(2)15)10-5-9-11(16)8-3-4-19-13(8)12(17)14(9)20-10/h3-6H,1-2H3/t6-/m0/s1. The summed E-state index contributed by atoms with van der Waals surface area (Å²) in [6.45, 7) is 3.06. The van der Waals surface area contributed by atoms with Crippen molar-refractivity contribution in [3.8, 4) is 0 Å². The van der Waals surface area contributed by atoms with Crippen LogP contribution in [-0.4, -0.2) is 17.5 Å². The first-order valence-corrected chi connectivity index (χ1v) is 7.66. The van der Waals surface area contributed by atoms with E-state index in [1.165, 1.54) is 29.6 Å². The molecule has 0 spiro atoms. The Balaban J connectivity index is 2.04. The Morgan fingerprint density at radius 2 is 1.95 bits per heavy atom. The lowest BCUT2D eigenvalue weighted by molar-refractivity contribution is -0.145. The molecule has 4 nitrogen and oxygen atoms in total. The maximum atomic E-state index is 12.3. The van der Waals surface area contributed by atoms with Crippen molar-refractivity contribution in [2.24, 2.45) is 0 Å². The molecule has 0 amide bonds. The Kier molecular flexibility index (Phi) is 3.07. The van der Waals surface area contributed by atoms with Gasteiger partial charge in [0, 0.05) is 22.9 Å². The average Bonchev–Trinajstić information content (AvgIpc) is 3.02. The molecule has 0 N–H and O–H groups in total. The average molecular weight is 306 g/mol. The summed E-state index contributed by atoms with van der Waals surface area (Å²) >= 11 is 2.50. The van der Waals surface area contributed by atoms with Gasteiger partial charge in [0.25, 0.3) is 0 Å². The van der Waals surface area contributed by atoms with Gasteiger partial charge >= 0.3 is 5.97 Å². The van der Waals surface area contributed by atoms with Crippen LogP contribution < -0.4 is 0 Å². The number of ketones is 2. The number of esters is 1. The molecule has 0 fully saturated rings. The van der Waals surface area contributed by atoms with Crippen LogP contribution in [0.1, 0.15) is 55.3 Å². The molecular weight excluding hydrogens is 296 g/mol. The van der Waals surface area contributed by atoms with Crippen LogP contribution in [0.5, 0.6) is 0 Å². The number of ether oxygens (including phenoxy) is 1. The quantitative estimate of drug-likeness (QED) is 0.682. The van der Waals surface area contributed by atoms with Gasteiger partial charge in [-0.15, -0.1) is 22.7 Å². The third-order valence-electron chi connectivity index (χ3n) is 3.06. The predicted molar refractivity (Wildman–Crippen MR) is 75.7 cm³/mol. The van der Waals surface area contributed by atoms with Crippen LogP contribution in [0.2, 0.25) is 0 Å². The normalized spacial score (nSPS) is 14.7. The molecule has 3 rings (SSSR count). The van der Waals surface area contributed by atoms with Gasteiger partial charge in [-0.2, -0.15) is 0 Å². The van der Waals surface area contributed by atoms with Crippen molar-refractivity contribution < 1.29 is 19.1 Å². The lowest BCUT2D eigenvalue weighted by Crippen LogP contribution is -2.15. The summed E-state index contributed by atoms with van der Waals surface area (Å²) in [5.41, 5.74) is 0.886. The zero-order chi connectivity index (χ0) is 14.4. The van der Waals surface area contributed by atoms with E-state index in [-0.39, 0.29) is 17.5 Å². The van der Waals surface area contributed by atoms with Crippen LogP contribution >= 0.6 is 22.7 Å². The van der Waals surface area contributed by atoms with Crippen molar-refractivity contribution in [3.63, 3.8) is 0 Å². The second kappa shape index (κ2) is 4.64. The van der Waals surface area contributed by atoms with Gasteiger partial charge in [0.05, 0.1) is 9.75 Å². The summed E-state index contributed by atoms with van der Waals surface area (Å²) in [4.78, 5) is 37.3. The highest BCUT2D eigenvalue weighted by Gasteiger charge is 2.33. The summed E-state index contributed by atoms with van der Waals surface area (Å²) in [5, 5.41) is 1.75. The molecule has 2 aromatic rings. The molecule has 0 saturated carbocycles. The van der Waals surface area contributed by atoms with E-state index in [1.54, 1.807) is 24.4 Å². The summed E-state index contributed by atoms with van der Waals surface area (Å²) in [5.74, 6) is -0.634. The van der Waals surface area contributed by atoms with Gasteiger partial charge in [0.2, 0.25) is 5.78 Å². The molecule has 1 atom stereocenters. The number of carbonyl (C=O) groups excluding carboxylic acids is 3. The molecule has 102 valence electrons. The summed E-state index contributed by atoms with van der Waals surface area (Å²) in [6.07, 6.45) is -0.457. The van der Waals surface area contributed by atoms with Gasteiger partial charge in [-0.05, 0) is 24.4 Å². The maximum absolute atomic E-state index is 12.3. The Hall–Kier alpha value is -1.79. The second-order valence-electron chi connectivity index (χ2n) is 4.46. The largest absolute Gasteiger partial charge is 0.457 e. The van der Waals surface area contributed by atoms with Gasteiger partial charge < -0.3 is 4.74 Å². The number of hydrogen-bond acceptors (Lipinski definition) is 6. The molecule has 0 bridgehead atoms. The van der Waals surface area contributed by atoms with Gasteiger partial charge in [0.15, 0.2) is 5.78 Å². The zero-order valence-corrected chi connectivity index (χ0v) is 12.4. The minimum absolute atomic E-state index is 0.115. The Labute approximate surface area is 123 Å². The predicted octanol–water partition coefficient (Wildman–Crippen LogP) is 3.21. The van der Waals surface area contributed by atoms with Crippen molar-refractivity contribution in [1.82, 2.24) is 0 Å². The number of thiophene rings is 2. The summed E-state index contributed by atoms with van der Waals surface area (Å²) < 4.78 is 5.09. The first-order chi connectivity index (χ1) is 9.49. The summed E-state index contributed by atoms with van der Waals surface area (Å²) in [6, 6.07) is 3.34. The van der Waals surface area contributed by atoms with E-state index in [2.05, 4.69) is 0 Å². The fourth-order valence-electron chi connectivity index (χ4n) is 2.17. The number of rotatable bonds is 2. The van der Waals surface area contributed by atoms with E-state index in [1.807, 2.05) is 0 Å². The fraction of sp³-hybridized carbons (Fsp3) is 0.214. The van der Waals surface area contributed by atoms with Crippen molar-refractivity contribution >= 4 is 40.2 Å². The Morgan fingerprint density at radius 1 is 1.20 bits per heavy atom. The van der Waals surface area contributed by atoms with E-state index in [9.17, 15) is 14.4 Å². The number of hydrogen-bond donors (Lipinski definition) is 0. The molecule has 0 radical (unpaired) electrons. The van der Waals surface area contributed by atoms with Crippen LogP contribution in [0, 0.1) is 0 Å². The molecule has 0 aromatic carbocycles. The number of fused-ring (bicyclic) bond motifs is 2. The minimum atomic E-state index is -0.457. The zero-order valence-electron chi connectivity index (χ0n) is 10.8. The van der Waals surface area contributed by atoms with Gasteiger partial charge in [-0.3, -0.25) is 14.4 Å². The molecule has 2 aromatic heterocycles. The first kappa shape index (κ1) is 13.2. The van der Waals surface area contributed by atoms with Gasteiger partial charge in [-0.25, -0.2) is 0 Å². The van der Waals surface area contributed by atoms with Crippen molar-refractivity contribution in [2.75, 3.05) is 0 Å². The molecule has 0 aliphatic heterocycles. The highest BCUT2D eigenvalue weighted by molar-refractivity contribution is 7.17. The molecule has 2 heterocycles. The molecule has 0 saturated heterocycles. The SMILES string of the molecule is CC(=O)O[C@@H](C)c1cc2c(s1)C(=O)c1sccc1C2=O. The first-order valence-electron chi connectivity index (χ1n) is 5.97. The van der Waals surface area contributed by atoms with E-state index in [0.29, 0.717) is 25.8 Å². The lowest BCUT2D eigenvalue weighted by atomic mass is 9.95. The van der Waals surface area contributed by atoms with E-state index < -0.39 is 6.10 Å². The maximum Gasteiger partial charge on any atom is 0.303 e. The molecule has 6 heteroatoms. The minimum Gasteiger partial charge on any atom is -0.457 e. The topological polar surface area (TPSA) is 60.4 Å². The van der Waals surface area contributed by atoms with E-state index >= 15 is 0 Å². The third-order valence-corrected chi connectivity index (χ3v) is 5.27. The highest BCUT2D eigenvalue weighted by atomic mass is 32.1. The second-order valence-corrected chi connectivity index (χ2v) is 6.46. The van der Waals surface area contributed by atoms with Crippen LogP contribution in [0.3, 0.4) is 0 Å². The highest BCUT2D eigenvalue weighted by Crippen LogP contribution is 2.38. The van der Waals surface area contributed by atoms with Crippen LogP contribution in [-0.2, 0) is 9.53 Å². The van der Waals surface area contributed by atoms with Crippen molar-refractivity contribution in [1.29, 1.82) is 0 Å². The van der Waals surface area contributed by atoms with E-state index in [0.717, 1.165) is 0 Å². The summed E-state index contributed by atoms with van der Waals surface area (Å²) in [7, 11) is 0. The van der Waals surface area contributed by atoms with Crippen LogP contribution in [0.15, 0.2) is 17.5 Å². The lowest BCUT2D eigenvalue weighted by Gasteiger charge is -2.08. The van der Waals surface area contributed by atoms with Crippen LogP contribution in [0.4, 0.5) is 0 Å². The molecule has 20 heavy (non-hydrogen) atoms. The molecule has 1 aliphatic carbocycles. The Bertz CT molecular complexity index is 690. The van der Waals surface area contributed by atoms with Crippen LogP contribution in [0.25, 0.3) is 0 Å². The van der Waals surface area contributed by atoms with Crippen molar-refractivity contribution in [2.45, 2.75) is 20.0 Å². The van der Waals surface area contributed by atoms with Gasteiger partial charge in [-0.1, -0.05) is 0 Å². The molecule has 0 unspecified atom stereocenters. The van der Waals surface area contributed by atoms with Crippen molar-refractivity contribution in [3.05, 3.63) is 43.3 Å². The smallest absolute Gasteiger partial charge is 0.303 e. The Morgan fingerprint density at radius 3 is 2.65 bits per heavy atom. The molecular formula is C14H10O4S2. The van der Waals surface area contributed by atoms with E-state index in [4.69, 9.17) is 4.74 Å². The number of carbonyl (C=O) groups is 3. The van der Waals surface area contributed by atoms with Gasteiger partial charge in [0.1, 0.15) is 6.10 Å².